The molecule has 0 amide bonds. The van der Waals surface area contributed by atoms with Crippen LogP contribution in [0.15, 0.2) is 79.9 Å². The van der Waals surface area contributed by atoms with Crippen LogP contribution in [-0.2, 0) is 0 Å². The Balaban J connectivity index is 1.95. The van der Waals surface area contributed by atoms with E-state index in [1.54, 1.807) is 0 Å². The van der Waals surface area contributed by atoms with Crippen LogP contribution in [0.2, 0.25) is 0 Å². The van der Waals surface area contributed by atoms with Crippen molar-refractivity contribution in [2.24, 2.45) is 0 Å². The van der Waals surface area contributed by atoms with E-state index in [1.165, 1.54) is 0 Å². The third-order valence-electron chi connectivity index (χ3n) is 3.99. The van der Waals surface area contributed by atoms with Gasteiger partial charge in [0.2, 0.25) is 0 Å². The van der Waals surface area contributed by atoms with Crippen molar-refractivity contribution in [2.45, 2.75) is 0 Å². The van der Waals surface area contributed by atoms with Gasteiger partial charge in [-0.2, -0.15) is 0 Å². The summed E-state index contributed by atoms with van der Waals surface area (Å²) >= 11 is 0. The third kappa shape index (κ3) is 3.09. The van der Waals surface area contributed by atoms with E-state index in [-0.39, 0.29) is 0 Å². The second-order valence-corrected chi connectivity index (χ2v) is 5.45. The van der Waals surface area contributed by atoms with E-state index in [4.69, 9.17) is 5.73 Å². The summed E-state index contributed by atoms with van der Waals surface area (Å²) in [6.45, 7) is 7.56. The lowest BCUT2D eigenvalue weighted by Crippen LogP contribution is -1.91. The molecule has 3 aromatic rings. The molecule has 0 aromatic heterocycles. The second-order valence-electron chi connectivity index (χ2n) is 5.45. The molecule has 2 N–H and O–H groups in total. The number of anilines is 1. The Morgan fingerprint density at radius 3 is 1.57 bits per heavy atom. The van der Waals surface area contributed by atoms with Gasteiger partial charge in [-0.05, 0) is 33.9 Å². The molecule has 0 saturated heterocycles. The molecule has 3 aromatic carbocycles. The Bertz CT molecular complexity index is 840. The van der Waals surface area contributed by atoms with Crippen LogP contribution in [0.4, 0.5) is 5.69 Å². The van der Waals surface area contributed by atoms with Gasteiger partial charge in [-0.25, -0.2) is 0 Å². The van der Waals surface area contributed by atoms with Gasteiger partial charge in [0.15, 0.2) is 0 Å². The van der Waals surface area contributed by atoms with E-state index in [0.29, 0.717) is 0 Å². The van der Waals surface area contributed by atoms with Crippen LogP contribution in [0.5, 0.6) is 0 Å². The van der Waals surface area contributed by atoms with Crippen molar-refractivity contribution in [2.75, 3.05) is 5.73 Å². The normalized spacial score (nSPS) is 10.3. The SMILES string of the molecule is C=Cc1ccc(-c2ccc(-c3ccc(C=C)cc3)c(N)c2)cc1. The van der Waals surface area contributed by atoms with Gasteiger partial charge in [0.25, 0.3) is 0 Å². The lowest BCUT2D eigenvalue weighted by atomic mass is 9.97. The highest BCUT2D eigenvalue weighted by Crippen LogP contribution is 2.31. The molecular weight excluding hydrogens is 278 g/mol. The lowest BCUT2D eigenvalue weighted by Gasteiger charge is -2.10. The average molecular weight is 297 g/mol. The first-order chi connectivity index (χ1) is 11.2. The Hall–Kier alpha value is -3.06. The van der Waals surface area contributed by atoms with Gasteiger partial charge in [-0.15, -0.1) is 0 Å². The van der Waals surface area contributed by atoms with Crippen molar-refractivity contribution in [3.8, 4) is 22.3 Å². The van der Waals surface area contributed by atoms with Crippen molar-refractivity contribution in [1.29, 1.82) is 0 Å². The molecule has 0 radical (unpaired) electrons. The summed E-state index contributed by atoms with van der Waals surface area (Å²) in [5.74, 6) is 0. The fraction of sp³-hybridized carbons (Fsp3) is 0. The van der Waals surface area contributed by atoms with Crippen LogP contribution in [0.1, 0.15) is 11.1 Å². The number of hydrogen-bond acceptors (Lipinski definition) is 1. The molecular formula is C22H19N. The van der Waals surface area contributed by atoms with Gasteiger partial charge in [0.1, 0.15) is 0 Å². The molecule has 23 heavy (non-hydrogen) atoms. The predicted octanol–water partition coefficient (Wildman–Crippen LogP) is 5.89. The van der Waals surface area contributed by atoms with Gasteiger partial charge in [-0.1, -0.05) is 86.0 Å². The summed E-state index contributed by atoms with van der Waals surface area (Å²) in [7, 11) is 0. The highest BCUT2D eigenvalue weighted by atomic mass is 14.6. The molecule has 0 aliphatic carbocycles. The van der Waals surface area contributed by atoms with E-state index in [2.05, 4.69) is 61.7 Å². The molecule has 0 unspecified atom stereocenters. The molecule has 0 heterocycles. The molecule has 3 rings (SSSR count). The van der Waals surface area contributed by atoms with E-state index in [0.717, 1.165) is 39.1 Å². The standard InChI is InChI=1S/C22H19N/c1-3-16-5-9-18(10-6-16)20-13-14-21(22(23)15-20)19-11-7-17(4-2)8-12-19/h3-15H,1-2,23H2. The quantitative estimate of drug-likeness (QED) is 0.597. The fourth-order valence-corrected chi connectivity index (χ4v) is 2.62. The molecule has 0 spiro atoms. The van der Waals surface area contributed by atoms with Crippen molar-refractivity contribution in [3.05, 3.63) is 91.0 Å². The van der Waals surface area contributed by atoms with Crippen molar-refractivity contribution < 1.29 is 0 Å². The van der Waals surface area contributed by atoms with Gasteiger partial charge in [0, 0.05) is 11.3 Å². The largest absolute Gasteiger partial charge is 0.398 e. The van der Waals surface area contributed by atoms with Crippen LogP contribution in [0.3, 0.4) is 0 Å². The van der Waals surface area contributed by atoms with E-state index >= 15 is 0 Å². The zero-order chi connectivity index (χ0) is 16.2. The van der Waals surface area contributed by atoms with Crippen LogP contribution >= 0.6 is 0 Å². The molecule has 0 fully saturated rings. The summed E-state index contributed by atoms with van der Waals surface area (Å²) in [6.07, 6.45) is 3.68. The molecule has 0 bridgehead atoms. The maximum atomic E-state index is 6.28. The third-order valence-corrected chi connectivity index (χ3v) is 3.99. The average Bonchev–Trinajstić information content (AvgIpc) is 2.62. The highest BCUT2D eigenvalue weighted by molar-refractivity contribution is 5.81. The molecule has 0 saturated carbocycles. The molecule has 0 atom stereocenters. The van der Waals surface area contributed by atoms with E-state index in [1.807, 2.05) is 30.4 Å². The van der Waals surface area contributed by atoms with E-state index < -0.39 is 0 Å². The smallest absolute Gasteiger partial charge is 0.0399 e. The van der Waals surface area contributed by atoms with Gasteiger partial charge in [-0.3, -0.25) is 0 Å². The van der Waals surface area contributed by atoms with E-state index in [9.17, 15) is 0 Å². The van der Waals surface area contributed by atoms with Crippen LogP contribution in [0.25, 0.3) is 34.4 Å². The zero-order valence-corrected chi connectivity index (χ0v) is 13.0. The summed E-state index contributed by atoms with van der Waals surface area (Å²) in [4.78, 5) is 0. The Morgan fingerprint density at radius 2 is 1.09 bits per heavy atom. The minimum Gasteiger partial charge on any atom is -0.398 e. The summed E-state index contributed by atoms with van der Waals surface area (Å²) < 4.78 is 0. The van der Waals surface area contributed by atoms with Crippen molar-refractivity contribution in [3.63, 3.8) is 0 Å². The maximum absolute atomic E-state index is 6.28. The lowest BCUT2D eigenvalue weighted by molar-refractivity contribution is 1.57. The minimum absolute atomic E-state index is 0.779. The van der Waals surface area contributed by atoms with Crippen molar-refractivity contribution in [1.82, 2.24) is 0 Å². The molecule has 1 heteroatoms. The second kappa shape index (κ2) is 6.37. The van der Waals surface area contributed by atoms with Crippen LogP contribution < -0.4 is 5.73 Å². The Labute approximate surface area is 137 Å². The maximum Gasteiger partial charge on any atom is 0.0399 e. The monoisotopic (exact) mass is 297 g/mol. The molecule has 112 valence electrons. The number of nitrogens with two attached hydrogens (primary N) is 1. The number of nitrogen functional groups attached to an aromatic ring is 1. The van der Waals surface area contributed by atoms with Crippen molar-refractivity contribution >= 4 is 17.8 Å². The Morgan fingerprint density at radius 1 is 0.609 bits per heavy atom. The predicted molar refractivity (Wildman–Crippen MR) is 102 cm³/mol. The van der Waals surface area contributed by atoms with Crippen LogP contribution in [-0.4, -0.2) is 0 Å². The number of hydrogen-bond donors (Lipinski definition) is 1. The highest BCUT2D eigenvalue weighted by Gasteiger charge is 2.05. The summed E-state index contributed by atoms with van der Waals surface area (Å²) in [5, 5.41) is 0. The van der Waals surface area contributed by atoms with Gasteiger partial charge >= 0.3 is 0 Å². The zero-order valence-electron chi connectivity index (χ0n) is 13.0. The molecule has 0 aliphatic rings. The Kier molecular flexibility index (Phi) is 4.11. The number of rotatable bonds is 4. The van der Waals surface area contributed by atoms with Gasteiger partial charge in [0.05, 0.1) is 0 Å². The molecule has 1 nitrogen and oxygen atoms in total. The van der Waals surface area contributed by atoms with Crippen LogP contribution in [0, 0.1) is 0 Å². The van der Waals surface area contributed by atoms with Gasteiger partial charge < -0.3 is 5.73 Å². The first-order valence-electron chi connectivity index (χ1n) is 7.56. The topological polar surface area (TPSA) is 26.0 Å². The first-order valence-corrected chi connectivity index (χ1v) is 7.56. The summed E-state index contributed by atoms with van der Waals surface area (Å²) in [6, 6.07) is 22.7. The fourth-order valence-electron chi connectivity index (χ4n) is 2.62. The summed E-state index contributed by atoms with van der Waals surface area (Å²) in [5.41, 5.74) is 13.7. The minimum atomic E-state index is 0.779. The first kappa shape index (κ1) is 14.9. The molecule has 0 aliphatic heterocycles. The number of benzene rings is 3.